The molecule has 0 radical (unpaired) electrons. The lowest BCUT2D eigenvalue weighted by atomic mass is 10.1. The minimum atomic E-state index is -0.292. The summed E-state index contributed by atoms with van der Waals surface area (Å²) < 4.78 is 0. The van der Waals surface area contributed by atoms with Crippen LogP contribution in [0.5, 0.6) is 0 Å². The van der Waals surface area contributed by atoms with Gasteiger partial charge < -0.3 is 10.6 Å². The number of aryl methyl sites for hydroxylation is 3. The topological polar surface area (TPSA) is 71.1 Å². The molecule has 0 atom stereocenters. The molecule has 0 fully saturated rings. The maximum absolute atomic E-state index is 12.3. The van der Waals surface area contributed by atoms with Gasteiger partial charge in [0, 0.05) is 17.5 Å². The third kappa shape index (κ3) is 5.24. The molecule has 3 aromatic rings. The molecule has 0 saturated heterocycles. The average molecular weight is 379 g/mol. The highest BCUT2D eigenvalue weighted by Crippen LogP contribution is 2.19. The molecule has 0 bridgehead atoms. The number of nitrogens with zero attached hydrogens (tertiary/aromatic N) is 1. The third-order valence-electron chi connectivity index (χ3n) is 4.23. The van der Waals surface area contributed by atoms with Gasteiger partial charge in [-0.3, -0.25) is 9.59 Å². The van der Waals surface area contributed by atoms with Crippen molar-refractivity contribution in [2.75, 3.05) is 10.6 Å². The van der Waals surface area contributed by atoms with E-state index in [4.69, 9.17) is 0 Å². The molecule has 1 aromatic heterocycles. The second-order valence-corrected chi connectivity index (χ2v) is 7.18. The van der Waals surface area contributed by atoms with Crippen molar-refractivity contribution >= 4 is 34.0 Å². The first kappa shape index (κ1) is 18.8. The molecule has 5 nitrogen and oxygen atoms in total. The number of carbonyl (C=O) groups excluding carboxylic acids is 2. The van der Waals surface area contributed by atoms with Gasteiger partial charge in [0.05, 0.1) is 0 Å². The number of nitrogens with one attached hydrogen (secondary N) is 2. The van der Waals surface area contributed by atoms with Crippen LogP contribution in [0, 0.1) is 13.8 Å². The van der Waals surface area contributed by atoms with E-state index in [1.807, 2.05) is 62.4 Å². The van der Waals surface area contributed by atoms with Crippen LogP contribution in [-0.4, -0.2) is 16.8 Å². The van der Waals surface area contributed by atoms with Gasteiger partial charge in [0.15, 0.2) is 5.13 Å². The van der Waals surface area contributed by atoms with Gasteiger partial charge in [-0.05, 0) is 49.1 Å². The van der Waals surface area contributed by atoms with Crippen molar-refractivity contribution < 1.29 is 9.59 Å². The molecule has 0 aliphatic heterocycles. The Balaban J connectivity index is 1.54. The van der Waals surface area contributed by atoms with Crippen LogP contribution in [0.15, 0.2) is 53.9 Å². The monoisotopic (exact) mass is 379 g/mol. The zero-order valence-electron chi connectivity index (χ0n) is 15.3. The van der Waals surface area contributed by atoms with Crippen LogP contribution in [0.3, 0.4) is 0 Å². The second-order valence-electron chi connectivity index (χ2n) is 6.32. The maximum atomic E-state index is 12.3. The van der Waals surface area contributed by atoms with Crippen LogP contribution in [0.4, 0.5) is 10.8 Å². The summed E-state index contributed by atoms with van der Waals surface area (Å²) >= 11 is 1.24. The fourth-order valence-electron chi connectivity index (χ4n) is 2.53. The molecule has 2 N–H and O–H groups in total. The summed E-state index contributed by atoms with van der Waals surface area (Å²) in [6.07, 6.45) is 1.03. The van der Waals surface area contributed by atoms with Crippen molar-refractivity contribution in [3.8, 4) is 0 Å². The Kier molecular flexibility index (Phi) is 5.98. The molecule has 0 spiro atoms. The summed E-state index contributed by atoms with van der Waals surface area (Å²) in [6, 6.07) is 15.6. The molecule has 2 aromatic carbocycles. The Morgan fingerprint density at radius 1 is 1.00 bits per heavy atom. The van der Waals surface area contributed by atoms with Gasteiger partial charge in [0.1, 0.15) is 5.69 Å². The fourth-order valence-corrected chi connectivity index (χ4v) is 3.24. The number of aromatic nitrogens is 1. The molecule has 1 heterocycles. The molecule has 138 valence electrons. The van der Waals surface area contributed by atoms with Crippen LogP contribution in [0.1, 0.15) is 33.6 Å². The normalized spacial score (nSPS) is 10.4. The first-order chi connectivity index (χ1) is 13.0. The standard InChI is InChI=1S/C21H21N3O2S/c1-14-8-10-17(12-15(14)2)22-20(26)18-13-27-21(23-18)24-19(25)11-9-16-6-4-3-5-7-16/h3-8,10,12-13H,9,11H2,1-2H3,(H,22,26)(H,23,24,25). The van der Waals surface area contributed by atoms with Gasteiger partial charge in [-0.2, -0.15) is 0 Å². The Morgan fingerprint density at radius 3 is 2.52 bits per heavy atom. The first-order valence-electron chi connectivity index (χ1n) is 8.69. The number of amides is 2. The highest BCUT2D eigenvalue weighted by molar-refractivity contribution is 7.14. The number of anilines is 2. The summed E-state index contributed by atoms with van der Waals surface area (Å²) in [7, 11) is 0. The SMILES string of the molecule is Cc1ccc(NC(=O)c2csc(NC(=O)CCc3ccccc3)n2)cc1C. The van der Waals surface area contributed by atoms with Crippen LogP contribution in [-0.2, 0) is 11.2 Å². The van der Waals surface area contributed by atoms with Crippen LogP contribution < -0.4 is 10.6 Å². The van der Waals surface area contributed by atoms with Crippen LogP contribution >= 0.6 is 11.3 Å². The number of rotatable bonds is 6. The first-order valence-corrected chi connectivity index (χ1v) is 9.57. The Hall–Kier alpha value is -2.99. The summed E-state index contributed by atoms with van der Waals surface area (Å²) in [5, 5.41) is 7.66. The molecular formula is C21H21N3O2S. The zero-order chi connectivity index (χ0) is 19.2. The van der Waals surface area contributed by atoms with E-state index in [-0.39, 0.29) is 17.5 Å². The second kappa shape index (κ2) is 8.60. The van der Waals surface area contributed by atoms with E-state index in [2.05, 4.69) is 15.6 Å². The number of benzene rings is 2. The summed E-state index contributed by atoms with van der Waals surface area (Å²) in [5.74, 6) is -0.409. The molecule has 0 aliphatic carbocycles. The average Bonchev–Trinajstić information content (AvgIpc) is 3.12. The Bertz CT molecular complexity index is 951. The lowest BCUT2D eigenvalue weighted by Gasteiger charge is -2.06. The fraction of sp³-hybridized carbons (Fsp3) is 0.190. The van der Waals surface area contributed by atoms with Gasteiger partial charge in [-0.15, -0.1) is 11.3 Å². The lowest BCUT2D eigenvalue weighted by Crippen LogP contribution is -2.14. The Morgan fingerprint density at radius 2 is 1.78 bits per heavy atom. The van der Waals surface area contributed by atoms with Gasteiger partial charge in [0.2, 0.25) is 5.91 Å². The summed E-state index contributed by atoms with van der Waals surface area (Å²) in [6.45, 7) is 4.02. The minimum Gasteiger partial charge on any atom is -0.321 e. The van der Waals surface area contributed by atoms with Crippen molar-refractivity contribution in [3.63, 3.8) is 0 Å². The number of hydrogen-bond donors (Lipinski definition) is 2. The van der Waals surface area contributed by atoms with E-state index < -0.39 is 0 Å². The number of carbonyl (C=O) groups is 2. The highest BCUT2D eigenvalue weighted by Gasteiger charge is 2.13. The molecular weight excluding hydrogens is 358 g/mol. The van der Waals surface area contributed by atoms with Crippen LogP contribution in [0.25, 0.3) is 0 Å². The quantitative estimate of drug-likeness (QED) is 0.658. The number of hydrogen-bond acceptors (Lipinski definition) is 4. The third-order valence-corrected chi connectivity index (χ3v) is 4.99. The van der Waals surface area contributed by atoms with Crippen molar-refractivity contribution in [2.45, 2.75) is 26.7 Å². The molecule has 0 aliphatic rings. The summed E-state index contributed by atoms with van der Waals surface area (Å²) in [4.78, 5) is 28.6. The van der Waals surface area contributed by atoms with E-state index in [1.54, 1.807) is 5.38 Å². The summed E-state index contributed by atoms with van der Waals surface area (Å²) in [5.41, 5.74) is 4.40. The van der Waals surface area contributed by atoms with Crippen molar-refractivity contribution in [1.82, 2.24) is 4.98 Å². The van der Waals surface area contributed by atoms with Crippen molar-refractivity contribution in [2.24, 2.45) is 0 Å². The van der Waals surface area contributed by atoms with E-state index in [1.165, 1.54) is 16.9 Å². The Labute approximate surface area is 162 Å². The zero-order valence-corrected chi connectivity index (χ0v) is 16.1. The minimum absolute atomic E-state index is 0.116. The van der Waals surface area contributed by atoms with Gasteiger partial charge >= 0.3 is 0 Å². The lowest BCUT2D eigenvalue weighted by molar-refractivity contribution is -0.116. The van der Waals surface area contributed by atoms with E-state index in [0.717, 1.165) is 16.8 Å². The van der Waals surface area contributed by atoms with Crippen molar-refractivity contribution in [3.05, 3.63) is 76.3 Å². The molecule has 3 rings (SSSR count). The molecule has 6 heteroatoms. The predicted octanol–water partition coefficient (Wildman–Crippen LogP) is 4.58. The van der Waals surface area contributed by atoms with E-state index >= 15 is 0 Å². The van der Waals surface area contributed by atoms with Crippen LogP contribution in [0.2, 0.25) is 0 Å². The van der Waals surface area contributed by atoms with Gasteiger partial charge in [0.25, 0.3) is 5.91 Å². The van der Waals surface area contributed by atoms with E-state index in [9.17, 15) is 9.59 Å². The van der Waals surface area contributed by atoms with E-state index in [0.29, 0.717) is 18.0 Å². The largest absolute Gasteiger partial charge is 0.321 e. The van der Waals surface area contributed by atoms with Gasteiger partial charge in [-0.1, -0.05) is 36.4 Å². The molecule has 27 heavy (non-hydrogen) atoms. The molecule has 0 saturated carbocycles. The molecule has 0 unspecified atom stereocenters. The predicted molar refractivity (Wildman–Crippen MR) is 109 cm³/mol. The highest BCUT2D eigenvalue weighted by atomic mass is 32.1. The maximum Gasteiger partial charge on any atom is 0.275 e. The van der Waals surface area contributed by atoms with Crippen molar-refractivity contribution in [1.29, 1.82) is 0 Å². The number of thiazole rings is 1. The van der Waals surface area contributed by atoms with Gasteiger partial charge in [-0.25, -0.2) is 4.98 Å². The molecule has 2 amide bonds. The smallest absolute Gasteiger partial charge is 0.275 e.